The molecule has 0 aromatic heterocycles. The van der Waals surface area contributed by atoms with Gasteiger partial charge in [0.15, 0.2) is 0 Å². The molecule has 0 spiro atoms. The Morgan fingerprint density at radius 2 is 1.70 bits per heavy atom. The Kier molecular flexibility index (Phi) is 7.15. The molecule has 4 nitrogen and oxygen atoms in total. The zero-order valence-electron chi connectivity index (χ0n) is 12.0. The summed E-state index contributed by atoms with van der Waals surface area (Å²) < 4.78 is 9.35. The van der Waals surface area contributed by atoms with Crippen LogP contribution in [0.2, 0.25) is 0 Å². The fourth-order valence-corrected chi connectivity index (χ4v) is 2.71. The Labute approximate surface area is 123 Å². The minimum absolute atomic E-state index is 0.175. The summed E-state index contributed by atoms with van der Waals surface area (Å²) in [6.07, 6.45) is 0.666. The number of rotatable bonds is 7. The molecule has 1 aromatic carbocycles. The number of carbonyl (C=O) groups is 2. The molecule has 0 heterocycles. The van der Waals surface area contributed by atoms with Crippen molar-refractivity contribution in [3.05, 3.63) is 35.4 Å². The van der Waals surface area contributed by atoms with Crippen LogP contribution in [0.25, 0.3) is 0 Å². The average molecular weight is 296 g/mol. The molecule has 0 amide bonds. The zero-order chi connectivity index (χ0) is 15.0. The number of thioether (sulfide) groups is 1. The Balaban J connectivity index is 2.59. The van der Waals surface area contributed by atoms with E-state index < -0.39 is 0 Å². The van der Waals surface area contributed by atoms with E-state index in [9.17, 15) is 9.59 Å². The first-order chi connectivity index (χ1) is 9.56. The second-order valence-corrected chi connectivity index (χ2v) is 5.85. The highest BCUT2D eigenvalue weighted by Crippen LogP contribution is 2.23. The minimum Gasteiger partial charge on any atom is -0.469 e. The second kappa shape index (κ2) is 8.64. The van der Waals surface area contributed by atoms with Crippen molar-refractivity contribution in [2.75, 3.05) is 14.2 Å². The number of ether oxygens (including phenoxy) is 2. The van der Waals surface area contributed by atoms with Gasteiger partial charge in [-0.15, -0.1) is 0 Å². The maximum absolute atomic E-state index is 11.4. The molecule has 0 aliphatic carbocycles. The fraction of sp³-hybridized carbons (Fsp3) is 0.467. The van der Waals surface area contributed by atoms with Crippen LogP contribution >= 0.6 is 11.8 Å². The van der Waals surface area contributed by atoms with Crippen molar-refractivity contribution in [1.82, 2.24) is 0 Å². The van der Waals surface area contributed by atoms with Crippen LogP contribution in [0.4, 0.5) is 0 Å². The van der Waals surface area contributed by atoms with Crippen molar-refractivity contribution in [1.29, 1.82) is 0 Å². The standard InChI is InChI=1S/C15H20O4S/c1-11(8-14(16)18-2)20-10-13-7-5-4-6-12(13)9-15(17)19-3/h4-7,11H,8-10H2,1-3H3. The molecule has 0 radical (unpaired) electrons. The summed E-state index contributed by atoms with van der Waals surface area (Å²) in [6, 6.07) is 7.78. The lowest BCUT2D eigenvalue weighted by Gasteiger charge is -2.12. The van der Waals surface area contributed by atoms with Gasteiger partial charge >= 0.3 is 11.9 Å². The van der Waals surface area contributed by atoms with E-state index >= 15 is 0 Å². The largest absolute Gasteiger partial charge is 0.469 e. The SMILES string of the molecule is COC(=O)Cc1ccccc1CSC(C)CC(=O)OC. The Hall–Kier alpha value is -1.49. The molecule has 0 saturated heterocycles. The van der Waals surface area contributed by atoms with Gasteiger partial charge in [-0.1, -0.05) is 31.2 Å². The molecule has 0 saturated carbocycles. The van der Waals surface area contributed by atoms with Crippen molar-refractivity contribution >= 4 is 23.7 Å². The highest BCUT2D eigenvalue weighted by molar-refractivity contribution is 7.99. The number of carbonyl (C=O) groups excluding carboxylic acids is 2. The molecule has 0 aliphatic rings. The summed E-state index contributed by atoms with van der Waals surface area (Å²) in [4.78, 5) is 22.6. The minimum atomic E-state index is -0.245. The Morgan fingerprint density at radius 3 is 2.30 bits per heavy atom. The molecule has 0 N–H and O–H groups in total. The van der Waals surface area contributed by atoms with Crippen molar-refractivity contribution < 1.29 is 19.1 Å². The fourth-order valence-electron chi connectivity index (χ4n) is 1.71. The molecule has 0 bridgehead atoms. The van der Waals surface area contributed by atoms with Gasteiger partial charge in [-0.25, -0.2) is 0 Å². The molecule has 20 heavy (non-hydrogen) atoms. The normalized spacial score (nSPS) is 11.8. The van der Waals surface area contributed by atoms with Gasteiger partial charge in [0.25, 0.3) is 0 Å². The maximum atomic E-state index is 11.4. The van der Waals surface area contributed by atoms with E-state index in [-0.39, 0.29) is 23.6 Å². The van der Waals surface area contributed by atoms with Crippen LogP contribution in [0, 0.1) is 0 Å². The van der Waals surface area contributed by atoms with E-state index in [1.807, 2.05) is 31.2 Å². The van der Waals surface area contributed by atoms with Gasteiger partial charge in [0, 0.05) is 11.0 Å². The van der Waals surface area contributed by atoms with E-state index in [1.165, 1.54) is 14.2 Å². The summed E-state index contributed by atoms with van der Waals surface area (Å²) in [5.74, 6) is 0.309. The lowest BCUT2D eigenvalue weighted by atomic mass is 10.1. The van der Waals surface area contributed by atoms with Crippen LogP contribution in [0.3, 0.4) is 0 Å². The number of hydrogen-bond donors (Lipinski definition) is 0. The van der Waals surface area contributed by atoms with Crippen LogP contribution in [0.1, 0.15) is 24.5 Å². The summed E-state index contributed by atoms with van der Waals surface area (Å²) in [6.45, 7) is 1.99. The van der Waals surface area contributed by atoms with Crippen molar-refractivity contribution in [2.45, 2.75) is 30.8 Å². The molecule has 1 aromatic rings. The molecular weight excluding hydrogens is 276 g/mol. The van der Waals surface area contributed by atoms with E-state index in [0.29, 0.717) is 6.42 Å². The van der Waals surface area contributed by atoms with Gasteiger partial charge in [0.05, 0.1) is 27.1 Å². The smallest absolute Gasteiger partial charge is 0.309 e. The summed E-state index contributed by atoms with van der Waals surface area (Å²) in [5.41, 5.74) is 2.07. The molecular formula is C15H20O4S. The first-order valence-corrected chi connectivity index (χ1v) is 7.43. The van der Waals surface area contributed by atoms with E-state index in [4.69, 9.17) is 4.74 Å². The monoisotopic (exact) mass is 296 g/mol. The van der Waals surface area contributed by atoms with Gasteiger partial charge in [0.1, 0.15) is 0 Å². The lowest BCUT2D eigenvalue weighted by Crippen LogP contribution is -2.10. The molecule has 0 fully saturated rings. The zero-order valence-corrected chi connectivity index (χ0v) is 12.9. The van der Waals surface area contributed by atoms with Crippen LogP contribution < -0.4 is 0 Å². The van der Waals surface area contributed by atoms with Crippen LogP contribution in [-0.2, 0) is 31.2 Å². The third kappa shape index (κ3) is 5.65. The van der Waals surface area contributed by atoms with Gasteiger partial charge < -0.3 is 9.47 Å². The molecule has 5 heteroatoms. The van der Waals surface area contributed by atoms with Crippen molar-refractivity contribution in [3.8, 4) is 0 Å². The molecule has 1 atom stereocenters. The summed E-state index contributed by atoms with van der Waals surface area (Å²) >= 11 is 1.67. The van der Waals surface area contributed by atoms with E-state index in [1.54, 1.807) is 11.8 Å². The molecule has 0 aliphatic heterocycles. The molecule has 1 rings (SSSR count). The van der Waals surface area contributed by atoms with E-state index in [0.717, 1.165) is 16.9 Å². The van der Waals surface area contributed by atoms with Gasteiger partial charge in [0.2, 0.25) is 0 Å². The first-order valence-electron chi connectivity index (χ1n) is 6.38. The molecule has 1 unspecified atom stereocenters. The highest BCUT2D eigenvalue weighted by atomic mass is 32.2. The average Bonchev–Trinajstić information content (AvgIpc) is 2.46. The summed E-state index contributed by atoms with van der Waals surface area (Å²) in [7, 11) is 2.78. The van der Waals surface area contributed by atoms with Gasteiger partial charge in [-0.3, -0.25) is 9.59 Å². The number of hydrogen-bond acceptors (Lipinski definition) is 5. The predicted octanol–water partition coefficient (Wildman–Crippen LogP) is 2.59. The highest BCUT2D eigenvalue weighted by Gasteiger charge is 2.12. The Bertz CT molecular complexity index is 459. The van der Waals surface area contributed by atoms with Gasteiger partial charge in [-0.2, -0.15) is 11.8 Å². The predicted molar refractivity (Wildman–Crippen MR) is 79.6 cm³/mol. The van der Waals surface area contributed by atoms with Crippen LogP contribution in [0.15, 0.2) is 24.3 Å². The lowest BCUT2D eigenvalue weighted by molar-refractivity contribution is -0.141. The number of esters is 2. The third-order valence-corrected chi connectivity index (χ3v) is 4.10. The summed E-state index contributed by atoms with van der Waals surface area (Å²) in [5, 5.41) is 0.175. The van der Waals surface area contributed by atoms with Crippen LogP contribution in [0.5, 0.6) is 0 Å². The van der Waals surface area contributed by atoms with E-state index in [2.05, 4.69) is 4.74 Å². The second-order valence-electron chi connectivity index (χ2n) is 4.42. The Morgan fingerprint density at radius 1 is 1.10 bits per heavy atom. The molecule has 110 valence electrons. The number of benzene rings is 1. The van der Waals surface area contributed by atoms with Crippen molar-refractivity contribution in [3.63, 3.8) is 0 Å². The maximum Gasteiger partial charge on any atom is 0.309 e. The van der Waals surface area contributed by atoms with Crippen molar-refractivity contribution in [2.24, 2.45) is 0 Å². The topological polar surface area (TPSA) is 52.6 Å². The van der Waals surface area contributed by atoms with Crippen LogP contribution in [-0.4, -0.2) is 31.4 Å². The third-order valence-electron chi connectivity index (χ3n) is 2.89. The number of methoxy groups -OCH3 is 2. The van der Waals surface area contributed by atoms with Gasteiger partial charge in [-0.05, 0) is 11.1 Å². The first kappa shape index (κ1) is 16.6. The quantitative estimate of drug-likeness (QED) is 0.724.